The Balaban J connectivity index is 2.54. The Morgan fingerprint density at radius 3 is 2.43 bits per heavy atom. The highest BCUT2D eigenvalue weighted by atomic mass is 19.1. The van der Waals surface area contributed by atoms with E-state index in [2.05, 4.69) is 15.4 Å². The summed E-state index contributed by atoms with van der Waals surface area (Å²) in [5.74, 6) is -2.29. The number of anilines is 1. The van der Waals surface area contributed by atoms with E-state index in [0.717, 1.165) is 12.1 Å². The maximum absolute atomic E-state index is 12.7. The number of benzene rings is 1. The van der Waals surface area contributed by atoms with Crippen molar-refractivity contribution in [2.24, 2.45) is 0 Å². The first kappa shape index (κ1) is 16.4. The number of nitrogens with one attached hydrogen (secondary N) is 2. The summed E-state index contributed by atoms with van der Waals surface area (Å²) in [7, 11) is 1.19. The lowest BCUT2D eigenvalue weighted by atomic mass is 10.1. The zero-order valence-corrected chi connectivity index (χ0v) is 11.3. The Morgan fingerprint density at radius 2 is 1.90 bits per heavy atom. The SMILES string of the molecule is COC(=O)CCC(NC(=O)Nc1ccc(F)cc1)C(=O)O. The normalized spacial score (nSPS) is 11.3. The van der Waals surface area contributed by atoms with Gasteiger partial charge < -0.3 is 20.5 Å². The van der Waals surface area contributed by atoms with Gasteiger partial charge >= 0.3 is 18.0 Å². The molecule has 1 aromatic rings. The van der Waals surface area contributed by atoms with Crippen LogP contribution in [0.1, 0.15) is 12.8 Å². The van der Waals surface area contributed by atoms with E-state index in [9.17, 15) is 18.8 Å². The van der Waals surface area contributed by atoms with Crippen molar-refractivity contribution in [3.63, 3.8) is 0 Å². The van der Waals surface area contributed by atoms with Crippen LogP contribution < -0.4 is 10.6 Å². The third-order valence-corrected chi connectivity index (χ3v) is 2.57. The molecule has 21 heavy (non-hydrogen) atoms. The third-order valence-electron chi connectivity index (χ3n) is 2.57. The number of esters is 1. The molecule has 0 bridgehead atoms. The number of rotatable bonds is 6. The van der Waals surface area contributed by atoms with Crippen molar-refractivity contribution in [3.05, 3.63) is 30.1 Å². The minimum atomic E-state index is -1.27. The van der Waals surface area contributed by atoms with Gasteiger partial charge in [0.25, 0.3) is 0 Å². The predicted molar refractivity (Wildman–Crippen MR) is 71.2 cm³/mol. The number of methoxy groups -OCH3 is 1. The van der Waals surface area contributed by atoms with Crippen LogP contribution in [0.3, 0.4) is 0 Å². The van der Waals surface area contributed by atoms with Crippen LogP contribution in [0.15, 0.2) is 24.3 Å². The van der Waals surface area contributed by atoms with Gasteiger partial charge in [0.1, 0.15) is 11.9 Å². The summed E-state index contributed by atoms with van der Waals surface area (Å²) in [6.07, 6.45) is -0.233. The number of aliphatic carboxylic acids is 1. The summed E-state index contributed by atoms with van der Waals surface area (Å²) in [6, 6.07) is 2.98. The molecule has 1 rings (SSSR count). The van der Waals surface area contributed by atoms with E-state index >= 15 is 0 Å². The Labute approximate surface area is 120 Å². The highest BCUT2D eigenvalue weighted by molar-refractivity contribution is 5.92. The first-order chi connectivity index (χ1) is 9.92. The molecule has 0 saturated heterocycles. The van der Waals surface area contributed by atoms with Crippen LogP contribution in [0.4, 0.5) is 14.9 Å². The Kier molecular flexibility index (Phi) is 6.12. The quantitative estimate of drug-likeness (QED) is 0.688. The van der Waals surface area contributed by atoms with Crippen molar-refractivity contribution in [3.8, 4) is 0 Å². The van der Waals surface area contributed by atoms with Gasteiger partial charge in [-0.15, -0.1) is 0 Å². The van der Waals surface area contributed by atoms with Crippen molar-refractivity contribution >= 4 is 23.7 Å². The Hall–Kier alpha value is -2.64. The van der Waals surface area contributed by atoms with Gasteiger partial charge in [0, 0.05) is 12.1 Å². The van der Waals surface area contributed by atoms with Crippen molar-refractivity contribution in [2.75, 3.05) is 12.4 Å². The van der Waals surface area contributed by atoms with Crippen molar-refractivity contribution in [1.82, 2.24) is 5.32 Å². The molecule has 1 atom stereocenters. The van der Waals surface area contributed by atoms with Crippen LogP contribution >= 0.6 is 0 Å². The van der Waals surface area contributed by atoms with Gasteiger partial charge in [-0.3, -0.25) is 4.79 Å². The van der Waals surface area contributed by atoms with E-state index in [1.807, 2.05) is 0 Å². The standard InChI is InChI=1S/C13H15FN2O5/c1-21-11(17)7-6-10(12(18)19)16-13(20)15-9-4-2-8(14)3-5-9/h2-5,10H,6-7H2,1H3,(H,18,19)(H2,15,16,20). The molecule has 3 N–H and O–H groups in total. The zero-order chi connectivity index (χ0) is 15.8. The second kappa shape index (κ2) is 7.83. The monoisotopic (exact) mass is 298 g/mol. The van der Waals surface area contributed by atoms with Crippen molar-refractivity contribution in [1.29, 1.82) is 0 Å². The second-order valence-electron chi connectivity index (χ2n) is 4.11. The van der Waals surface area contributed by atoms with E-state index < -0.39 is 29.8 Å². The molecule has 114 valence electrons. The average Bonchev–Trinajstić information content (AvgIpc) is 2.45. The van der Waals surface area contributed by atoms with Crippen molar-refractivity contribution < 1.29 is 28.6 Å². The molecule has 0 spiro atoms. The van der Waals surface area contributed by atoms with Gasteiger partial charge in [-0.25, -0.2) is 14.0 Å². The highest BCUT2D eigenvalue weighted by Gasteiger charge is 2.21. The number of amides is 2. The zero-order valence-electron chi connectivity index (χ0n) is 11.3. The fourth-order valence-corrected chi connectivity index (χ4v) is 1.48. The average molecular weight is 298 g/mol. The Morgan fingerprint density at radius 1 is 1.29 bits per heavy atom. The number of urea groups is 1. The summed E-state index contributed by atoms with van der Waals surface area (Å²) in [5, 5.41) is 13.5. The molecule has 0 fully saturated rings. The minimum Gasteiger partial charge on any atom is -0.480 e. The number of carboxylic acid groups (broad SMARTS) is 1. The largest absolute Gasteiger partial charge is 0.480 e. The van der Waals surface area contributed by atoms with Crippen LogP contribution in [0, 0.1) is 5.82 Å². The molecule has 1 aromatic carbocycles. The van der Waals surface area contributed by atoms with E-state index in [0.29, 0.717) is 5.69 Å². The molecule has 8 heteroatoms. The lowest BCUT2D eigenvalue weighted by molar-refractivity contribution is -0.142. The van der Waals surface area contributed by atoms with Gasteiger partial charge in [-0.1, -0.05) is 0 Å². The molecule has 0 saturated carbocycles. The number of hydrogen-bond donors (Lipinski definition) is 3. The summed E-state index contributed by atoms with van der Waals surface area (Å²) >= 11 is 0. The molecular formula is C13H15FN2O5. The van der Waals surface area contributed by atoms with Gasteiger partial charge in [-0.2, -0.15) is 0 Å². The predicted octanol–water partition coefficient (Wildman–Crippen LogP) is 1.35. The van der Waals surface area contributed by atoms with E-state index in [4.69, 9.17) is 5.11 Å². The number of carbonyl (C=O) groups excluding carboxylic acids is 2. The van der Waals surface area contributed by atoms with Crippen LogP contribution in [-0.4, -0.2) is 36.2 Å². The minimum absolute atomic E-state index is 0.0984. The molecule has 0 aliphatic heterocycles. The number of hydrogen-bond acceptors (Lipinski definition) is 4. The first-order valence-corrected chi connectivity index (χ1v) is 6.05. The van der Waals surface area contributed by atoms with Crippen molar-refractivity contribution in [2.45, 2.75) is 18.9 Å². The lowest BCUT2D eigenvalue weighted by Gasteiger charge is -2.14. The first-order valence-electron chi connectivity index (χ1n) is 6.05. The van der Waals surface area contributed by atoms with Gasteiger partial charge in [0.05, 0.1) is 7.11 Å². The third kappa shape index (κ3) is 5.89. The molecule has 0 radical (unpaired) electrons. The summed E-state index contributed by atoms with van der Waals surface area (Å²) in [4.78, 5) is 33.6. The number of ether oxygens (including phenoxy) is 1. The van der Waals surface area contributed by atoms with E-state index in [1.54, 1.807) is 0 Å². The molecule has 7 nitrogen and oxygen atoms in total. The van der Waals surface area contributed by atoms with Gasteiger partial charge in [0.15, 0.2) is 0 Å². The smallest absolute Gasteiger partial charge is 0.326 e. The summed E-state index contributed by atoms with van der Waals surface area (Å²) < 4.78 is 17.1. The van der Waals surface area contributed by atoms with Crippen LogP contribution in [0.2, 0.25) is 0 Å². The van der Waals surface area contributed by atoms with Gasteiger partial charge in [0.2, 0.25) is 0 Å². The molecule has 0 aliphatic rings. The fraction of sp³-hybridized carbons (Fsp3) is 0.308. The lowest BCUT2D eigenvalue weighted by Crippen LogP contribution is -2.43. The highest BCUT2D eigenvalue weighted by Crippen LogP contribution is 2.08. The fourth-order valence-electron chi connectivity index (χ4n) is 1.48. The molecule has 0 aliphatic carbocycles. The van der Waals surface area contributed by atoms with Crippen LogP contribution in [-0.2, 0) is 14.3 Å². The maximum atomic E-state index is 12.7. The Bertz CT molecular complexity index is 518. The summed E-state index contributed by atoms with van der Waals surface area (Å²) in [5.41, 5.74) is 0.311. The molecule has 2 amide bonds. The second-order valence-corrected chi connectivity index (χ2v) is 4.11. The molecule has 0 heterocycles. The number of halogens is 1. The topological polar surface area (TPSA) is 105 Å². The molecular weight excluding hydrogens is 283 g/mol. The van der Waals surface area contributed by atoms with E-state index in [1.165, 1.54) is 19.2 Å². The van der Waals surface area contributed by atoms with Crippen LogP contribution in [0.25, 0.3) is 0 Å². The summed E-state index contributed by atoms with van der Waals surface area (Å²) in [6.45, 7) is 0. The molecule has 0 aromatic heterocycles. The van der Waals surface area contributed by atoms with Gasteiger partial charge in [-0.05, 0) is 30.7 Å². The molecule has 1 unspecified atom stereocenters. The number of carbonyl (C=O) groups is 3. The number of carboxylic acids is 1. The maximum Gasteiger partial charge on any atom is 0.326 e. The van der Waals surface area contributed by atoms with Crippen LogP contribution in [0.5, 0.6) is 0 Å². The van der Waals surface area contributed by atoms with E-state index in [-0.39, 0.29) is 12.8 Å².